The molecule has 0 fully saturated rings. The van der Waals surface area contributed by atoms with E-state index in [9.17, 15) is 14.4 Å². The monoisotopic (exact) mass is 276 g/mol. The Balaban J connectivity index is 2.38. The van der Waals surface area contributed by atoms with Crippen LogP contribution in [0.1, 0.15) is 29.8 Å². The molecule has 5 nitrogen and oxygen atoms in total. The minimum absolute atomic E-state index is 0.0795. The minimum atomic E-state index is -0.660. The molecule has 2 amide bonds. The maximum atomic E-state index is 11.8. The number of aryl methyl sites for hydroxylation is 1. The van der Waals surface area contributed by atoms with E-state index in [0.29, 0.717) is 12.1 Å². The molecule has 0 aromatic heterocycles. The van der Waals surface area contributed by atoms with Crippen molar-refractivity contribution in [3.05, 3.63) is 35.4 Å². The quantitative estimate of drug-likeness (QED) is 0.463. The minimum Gasteiger partial charge on any atom is -0.354 e. The van der Waals surface area contributed by atoms with Crippen LogP contribution in [-0.4, -0.2) is 30.7 Å². The van der Waals surface area contributed by atoms with Gasteiger partial charge in [-0.2, -0.15) is 0 Å². The summed E-state index contributed by atoms with van der Waals surface area (Å²) in [5, 5.41) is 5.15. The van der Waals surface area contributed by atoms with Crippen LogP contribution in [0.4, 0.5) is 0 Å². The summed E-state index contributed by atoms with van der Waals surface area (Å²) in [5.41, 5.74) is 1.39. The molecule has 0 atom stereocenters. The molecule has 0 aliphatic rings. The Morgan fingerprint density at radius 3 is 2.10 bits per heavy atom. The maximum Gasteiger partial charge on any atom is 0.292 e. The molecule has 0 radical (unpaired) electrons. The molecule has 1 aromatic carbocycles. The first-order valence-electron chi connectivity index (χ1n) is 6.58. The van der Waals surface area contributed by atoms with Gasteiger partial charge < -0.3 is 10.6 Å². The number of benzene rings is 1. The number of ketones is 1. The van der Waals surface area contributed by atoms with Gasteiger partial charge >= 0.3 is 0 Å². The van der Waals surface area contributed by atoms with Gasteiger partial charge in [0.1, 0.15) is 0 Å². The van der Waals surface area contributed by atoms with Crippen LogP contribution in [0.15, 0.2) is 24.3 Å². The number of Topliss-reactive ketones (excluding diaryl/α,β-unsaturated/α-hetero) is 1. The summed E-state index contributed by atoms with van der Waals surface area (Å²) >= 11 is 0. The first kappa shape index (κ1) is 15.9. The highest BCUT2D eigenvalue weighted by Gasteiger charge is 2.15. The Morgan fingerprint density at radius 2 is 1.55 bits per heavy atom. The lowest BCUT2D eigenvalue weighted by Gasteiger charge is -2.08. The van der Waals surface area contributed by atoms with Crippen LogP contribution in [0.2, 0.25) is 0 Å². The highest BCUT2D eigenvalue weighted by molar-refractivity contribution is 6.42. The molecular weight excluding hydrogens is 256 g/mol. The van der Waals surface area contributed by atoms with Gasteiger partial charge in [-0.15, -0.1) is 0 Å². The molecular formula is C15H20N2O3. The van der Waals surface area contributed by atoms with Crippen molar-refractivity contribution < 1.29 is 14.4 Å². The van der Waals surface area contributed by atoms with Crippen LogP contribution in [0.5, 0.6) is 0 Å². The van der Waals surface area contributed by atoms with Crippen molar-refractivity contribution in [2.45, 2.75) is 20.8 Å². The zero-order valence-corrected chi connectivity index (χ0v) is 12.0. The fourth-order valence-electron chi connectivity index (χ4n) is 1.48. The number of carbonyl (C=O) groups excluding carboxylic acids is 3. The Hall–Kier alpha value is -2.17. The second-order valence-electron chi connectivity index (χ2n) is 4.90. The second kappa shape index (κ2) is 7.43. The maximum absolute atomic E-state index is 11.8. The van der Waals surface area contributed by atoms with Crippen molar-refractivity contribution >= 4 is 17.6 Å². The van der Waals surface area contributed by atoms with Gasteiger partial charge in [0.25, 0.3) is 5.91 Å². The van der Waals surface area contributed by atoms with E-state index in [1.165, 1.54) is 0 Å². The van der Waals surface area contributed by atoms with E-state index in [1.807, 2.05) is 6.92 Å². The van der Waals surface area contributed by atoms with Crippen molar-refractivity contribution in [1.29, 1.82) is 0 Å². The number of rotatable bonds is 6. The van der Waals surface area contributed by atoms with Crippen LogP contribution in [0.25, 0.3) is 0 Å². The number of hydrogen-bond acceptors (Lipinski definition) is 3. The number of nitrogens with one attached hydrogen (secondary N) is 2. The first-order chi connectivity index (χ1) is 9.41. The molecule has 0 spiro atoms. The molecule has 0 aliphatic heterocycles. The summed E-state index contributed by atoms with van der Waals surface area (Å²) in [5.74, 6) is -1.41. The standard InChI is InChI=1S/C15H20N2O3/c1-10(2)14(19)16-8-9-17-15(20)13(18)12-6-4-11(3)5-7-12/h4-7,10H,8-9H2,1-3H3,(H,16,19)(H,17,20). The molecule has 0 saturated heterocycles. The average Bonchev–Trinajstić information content (AvgIpc) is 2.43. The lowest BCUT2D eigenvalue weighted by Crippen LogP contribution is -2.38. The van der Waals surface area contributed by atoms with Crippen molar-refractivity contribution in [3.63, 3.8) is 0 Å². The Bertz CT molecular complexity index is 492. The van der Waals surface area contributed by atoms with E-state index in [-0.39, 0.29) is 18.4 Å². The summed E-state index contributed by atoms with van der Waals surface area (Å²) in [4.78, 5) is 34.7. The van der Waals surface area contributed by atoms with Crippen molar-refractivity contribution in [1.82, 2.24) is 10.6 Å². The van der Waals surface area contributed by atoms with Gasteiger partial charge in [-0.25, -0.2) is 0 Å². The normalized spacial score (nSPS) is 10.2. The molecule has 1 aromatic rings. The molecule has 0 bridgehead atoms. The van der Waals surface area contributed by atoms with E-state index < -0.39 is 11.7 Å². The fraction of sp³-hybridized carbons (Fsp3) is 0.400. The third-order valence-electron chi connectivity index (χ3n) is 2.75. The van der Waals surface area contributed by atoms with Crippen molar-refractivity contribution in [3.8, 4) is 0 Å². The van der Waals surface area contributed by atoms with Crippen molar-refractivity contribution in [2.24, 2.45) is 5.92 Å². The summed E-state index contributed by atoms with van der Waals surface area (Å²) < 4.78 is 0. The molecule has 5 heteroatoms. The first-order valence-corrected chi connectivity index (χ1v) is 6.58. The molecule has 108 valence electrons. The van der Waals surface area contributed by atoms with Crippen LogP contribution in [0.3, 0.4) is 0 Å². The zero-order chi connectivity index (χ0) is 15.1. The molecule has 0 unspecified atom stereocenters. The summed E-state index contributed by atoms with van der Waals surface area (Å²) in [7, 11) is 0. The van der Waals surface area contributed by atoms with Gasteiger partial charge in [-0.1, -0.05) is 43.7 Å². The van der Waals surface area contributed by atoms with Crippen LogP contribution in [0, 0.1) is 12.8 Å². The lowest BCUT2D eigenvalue weighted by molar-refractivity contribution is -0.124. The predicted molar refractivity (Wildman–Crippen MR) is 76.4 cm³/mol. The molecule has 1 rings (SSSR count). The van der Waals surface area contributed by atoms with Crippen LogP contribution in [-0.2, 0) is 9.59 Å². The van der Waals surface area contributed by atoms with E-state index in [4.69, 9.17) is 0 Å². The molecule has 0 saturated carbocycles. The Morgan fingerprint density at radius 1 is 1.00 bits per heavy atom. The van der Waals surface area contributed by atoms with Gasteiger partial charge in [0, 0.05) is 24.6 Å². The third-order valence-corrected chi connectivity index (χ3v) is 2.75. The summed E-state index contributed by atoms with van der Waals surface area (Å²) in [6.07, 6.45) is 0. The zero-order valence-electron chi connectivity index (χ0n) is 12.0. The summed E-state index contributed by atoms with van der Waals surface area (Å²) in [6, 6.07) is 6.81. The molecule has 0 heterocycles. The molecule has 2 N–H and O–H groups in total. The SMILES string of the molecule is Cc1ccc(C(=O)C(=O)NCCNC(=O)C(C)C)cc1. The van der Waals surface area contributed by atoms with Gasteiger partial charge in [0.2, 0.25) is 11.7 Å². The predicted octanol–water partition coefficient (Wildman–Crippen LogP) is 1.07. The third kappa shape index (κ3) is 4.84. The Kier molecular flexibility index (Phi) is 5.90. The van der Waals surface area contributed by atoms with Gasteiger partial charge in [0.15, 0.2) is 0 Å². The highest BCUT2D eigenvalue weighted by atomic mass is 16.2. The number of amides is 2. The smallest absolute Gasteiger partial charge is 0.292 e. The summed E-state index contributed by atoms with van der Waals surface area (Å²) in [6.45, 7) is 6.02. The van der Waals surface area contributed by atoms with E-state index in [1.54, 1.807) is 38.1 Å². The van der Waals surface area contributed by atoms with E-state index >= 15 is 0 Å². The number of carbonyl (C=O) groups is 3. The van der Waals surface area contributed by atoms with Crippen LogP contribution < -0.4 is 10.6 Å². The topological polar surface area (TPSA) is 75.3 Å². The van der Waals surface area contributed by atoms with Gasteiger partial charge in [-0.05, 0) is 6.92 Å². The number of hydrogen-bond donors (Lipinski definition) is 2. The molecule has 20 heavy (non-hydrogen) atoms. The van der Waals surface area contributed by atoms with Crippen molar-refractivity contribution in [2.75, 3.05) is 13.1 Å². The lowest BCUT2D eigenvalue weighted by atomic mass is 10.1. The van der Waals surface area contributed by atoms with Gasteiger partial charge in [-0.3, -0.25) is 14.4 Å². The highest BCUT2D eigenvalue weighted by Crippen LogP contribution is 2.03. The average molecular weight is 276 g/mol. The largest absolute Gasteiger partial charge is 0.354 e. The molecule has 0 aliphatic carbocycles. The van der Waals surface area contributed by atoms with Crippen LogP contribution >= 0.6 is 0 Å². The van der Waals surface area contributed by atoms with E-state index in [0.717, 1.165) is 5.56 Å². The fourth-order valence-corrected chi connectivity index (χ4v) is 1.48. The second-order valence-corrected chi connectivity index (χ2v) is 4.90. The van der Waals surface area contributed by atoms with E-state index in [2.05, 4.69) is 10.6 Å². The van der Waals surface area contributed by atoms with Gasteiger partial charge in [0.05, 0.1) is 0 Å². The Labute approximate surface area is 118 Å².